The second-order valence-electron chi connectivity index (χ2n) is 8.18. The van der Waals surface area contributed by atoms with Crippen LogP contribution in [0.3, 0.4) is 0 Å². The van der Waals surface area contributed by atoms with Crippen LogP contribution in [0.2, 0.25) is 0 Å². The molecule has 0 amide bonds. The fraction of sp³-hybridized carbons (Fsp3) is 0.320. The Hall–Kier alpha value is -3.41. The average Bonchev–Trinajstić information content (AvgIpc) is 3.43. The van der Waals surface area contributed by atoms with Crippen LogP contribution >= 0.6 is 0 Å². The topological polar surface area (TPSA) is 70.2 Å². The molecule has 0 radical (unpaired) electrons. The highest BCUT2D eigenvalue weighted by molar-refractivity contribution is 6.10. The lowest BCUT2D eigenvalue weighted by Gasteiger charge is -2.20. The lowest BCUT2D eigenvalue weighted by molar-refractivity contribution is 0.101. The van der Waals surface area contributed by atoms with Crippen molar-refractivity contribution in [1.82, 2.24) is 15.0 Å². The minimum absolute atomic E-state index is 0.115. The van der Waals surface area contributed by atoms with Crippen LogP contribution in [0.15, 0.2) is 59.1 Å². The van der Waals surface area contributed by atoms with E-state index in [1.165, 1.54) is 32.1 Å². The van der Waals surface area contributed by atoms with Crippen LogP contribution in [0.4, 0.5) is 0 Å². The highest BCUT2D eigenvalue weighted by Gasteiger charge is 2.20. The number of nitrogens with zero attached hydrogens (tertiary/aromatic N) is 3. The standard InChI is InChI=1S/C25H25N3O3/c1-17-22-13-12-21(14-23(22)31-25(17)24(29)18-8-4-2-5-9-18)30-16-19-15-28(27-26-19)20-10-6-3-7-11-20/h2,4-5,8-9,12-15,20H,3,6-7,10-11,16H2,1H3. The smallest absolute Gasteiger partial charge is 0.228 e. The van der Waals surface area contributed by atoms with Crippen molar-refractivity contribution in [3.8, 4) is 5.75 Å². The van der Waals surface area contributed by atoms with Crippen molar-refractivity contribution in [3.05, 3.63) is 77.3 Å². The van der Waals surface area contributed by atoms with Gasteiger partial charge in [-0.05, 0) is 31.9 Å². The van der Waals surface area contributed by atoms with Gasteiger partial charge in [0.05, 0.1) is 12.2 Å². The Morgan fingerprint density at radius 3 is 2.74 bits per heavy atom. The van der Waals surface area contributed by atoms with Crippen LogP contribution < -0.4 is 4.74 Å². The van der Waals surface area contributed by atoms with E-state index in [0.717, 1.165) is 16.6 Å². The summed E-state index contributed by atoms with van der Waals surface area (Å²) in [7, 11) is 0. The van der Waals surface area contributed by atoms with Gasteiger partial charge in [0.15, 0.2) is 5.76 Å². The summed E-state index contributed by atoms with van der Waals surface area (Å²) in [6.07, 6.45) is 8.16. The zero-order valence-corrected chi connectivity index (χ0v) is 17.6. The molecule has 1 saturated carbocycles. The highest BCUT2D eigenvalue weighted by Crippen LogP contribution is 2.31. The molecule has 1 fully saturated rings. The van der Waals surface area contributed by atoms with Crippen molar-refractivity contribution < 1.29 is 13.9 Å². The maximum Gasteiger partial charge on any atom is 0.228 e. The van der Waals surface area contributed by atoms with Crippen LogP contribution in [0, 0.1) is 6.92 Å². The number of rotatable bonds is 6. The summed E-state index contributed by atoms with van der Waals surface area (Å²) in [4.78, 5) is 12.8. The quantitative estimate of drug-likeness (QED) is 0.381. The van der Waals surface area contributed by atoms with Gasteiger partial charge in [0.2, 0.25) is 5.78 Å². The maximum atomic E-state index is 12.8. The number of carbonyl (C=O) groups excluding carboxylic acids is 1. The van der Waals surface area contributed by atoms with E-state index < -0.39 is 0 Å². The number of hydrogen-bond acceptors (Lipinski definition) is 5. The number of benzene rings is 2. The Kier molecular flexibility index (Phi) is 5.28. The van der Waals surface area contributed by atoms with Crippen LogP contribution in [0.25, 0.3) is 11.0 Å². The molecule has 6 nitrogen and oxygen atoms in total. The van der Waals surface area contributed by atoms with Gasteiger partial charge in [0.25, 0.3) is 0 Å². The zero-order valence-electron chi connectivity index (χ0n) is 17.6. The van der Waals surface area contributed by atoms with Gasteiger partial charge < -0.3 is 9.15 Å². The monoisotopic (exact) mass is 415 g/mol. The van der Waals surface area contributed by atoms with E-state index >= 15 is 0 Å². The first-order valence-corrected chi connectivity index (χ1v) is 10.9. The van der Waals surface area contributed by atoms with Crippen LogP contribution in [-0.4, -0.2) is 20.8 Å². The third-order valence-electron chi connectivity index (χ3n) is 6.05. The first kappa shape index (κ1) is 19.5. The van der Waals surface area contributed by atoms with E-state index in [1.54, 1.807) is 12.1 Å². The van der Waals surface area contributed by atoms with E-state index in [2.05, 4.69) is 10.3 Å². The fourth-order valence-electron chi connectivity index (χ4n) is 4.29. The van der Waals surface area contributed by atoms with Crippen LogP contribution in [-0.2, 0) is 6.61 Å². The molecule has 0 saturated heterocycles. The summed E-state index contributed by atoms with van der Waals surface area (Å²) in [5, 5.41) is 9.47. The predicted octanol–water partition coefficient (Wildman–Crippen LogP) is 5.65. The lowest BCUT2D eigenvalue weighted by atomic mass is 9.96. The number of carbonyl (C=O) groups is 1. The minimum Gasteiger partial charge on any atom is -0.487 e. The summed E-state index contributed by atoms with van der Waals surface area (Å²) in [6.45, 7) is 2.25. The van der Waals surface area contributed by atoms with Gasteiger partial charge in [0, 0.05) is 22.6 Å². The zero-order chi connectivity index (χ0) is 21.2. The van der Waals surface area contributed by atoms with Crippen LogP contribution in [0.5, 0.6) is 5.75 Å². The first-order chi connectivity index (χ1) is 15.2. The molecule has 2 aromatic heterocycles. The van der Waals surface area contributed by atoms with Crippen molar-refractivity contribution in [2.75, 3.05) is 0 Å². The van der Waals surface area contributed by atoms with Gasteiger partial charge in [-0.3, -0.25) is 4.79 Å². The molecule has 0 atom stereocenters. The summed E-state index contributed by atoms with van der Waals surface area (Å²) >= 11 is 0. The van der Waals surface area contributed by atoms with E-state index in [0.29, 0.717) is 35.3 Å². The van der Waals surface area contributed by atoms with Crippen molar-refractivity contribution in [3.63, 3.8) is 0 Å². The number of aromatic nitrogens is 3. The maximum absolute atomic E-state index is 12.8. The number of furan rings is 1. The molecule has 5 rings (SSSR count). The largest absolute Gasteiger partial charge is 0.487 e. The van der Waals surface area contributed by atoms with Crippen molar-refractivity contribution in [2.24, 2.45) is 0 Å². The third kappa shape index (κ3) is 3.98. The molecule has 1 aliphatic rings. The number of fused-ring (bicyclic) bond motifs is 1. The third-order valence-corrected chi connectivity index (χ3v) is 6.05. The summed E-state index contributed by atoms with van der Waals surface area (Å²) in [6, 6.07) is 15.3. The fourth-order valence-corrected chi connectivity index (χ4v) is 4.29. The van der Waals surface area contributed by atoms with E-state index in [9.17, 15) is 4.79 Å². The van der Waals surface area contributed by atoms with E-state index in [-0.39, 0.29) is 5.78 Å². The SMILES string of the molecule is Cc1c(C(=O)c2ccccc2)oc2cc(OCc3cn(C4CCCCC4)nn3)ccc12. The Bertz CT molecular complexity index is 1200. The molecule has 6 heteroatoms. The highest BCUT2D eigenvalue weighted by atomic mass is 16.5. The van der Waals surface area contributed by atoms with Gasteiger partial charge >= 0.3 is 0 Å². The van der Waals surface area contributed by atoms with Gasteiger partial charge in [-0.25, -0.2) is 4.68 Å². The average molecular weight is 415 g/mol. The minimum atomic E-state index is -0.115. The van der Waals surface area contributed by atoms with Gasteiger partial charge in [0.1, 0.15) is 23.6 Å². The molecule has 0 unspecified atom stereocenters. The van der Waals surface area contributed by atoms with Gasteiger partial charge in [-0.15, -0.1) is 5.10 Å². The van der Waals surface area contributed by atoms with Crippen LogP contribution in [0.1, 0.15) is 65.5 Å². The molecule has 0 spiro atoms. The molecule has 31 heavy (non-hydrogen) atoms. The molecule has 158 valence electrons. The molecular formula is C25H25N3O3. The molecule has 0 N–H and O–H groups in total. The Morgan fingerprint density at radius 1 is 1.13 bits per heavy atom. The number of aryl methyl sites for hydroxylation is 1. The second kappa shape index (κ2) is 8.38. The molecule has 1 aliphatic carbocycles. The van der Waals surface area contributed by atoms with Gasteiger partial charge in [-0.2, -0.15) is 0 Å². The molecular weight excluding hydrogens is 390 g/mol. The molecule has 2 aromatic carbocycles. The Labute approximate surface area is 180 Å². The summed E-state index contributed by atoms with van der Waals surface area (Å²) in [5.41, 5.74) is 2.90. The number of ether oxygens (including phenoxy) is 1. The lowest BCUT2D eigenvalue weighted by Crippen LogP contribution is -2.13. The Balaban J connectivity index is 1.31. The summed E-state index contributed by atoms with van der Waals surface area (Å²) < 4.78 is 13.8. The van der Waals surface area contributed by atoms with Gasteiger partial charge in [-0.1, -0.05) is 54.8 Å². The normalized spacial score (nSPS) is 14.7. The molecule has 4 aromatic rings. The molecule has 0 bridgehead atoms. The summed E-state index contributed by atoms with van der Waals surface area (Å²) in [5.74, 6) is 0.928. The molecule has 0 aliphatic heterocycles. The van der Waals surface area contributed by atoms with E-state index in [4.69, 9.17) is 9.15 Å². The first-order valence-electron chi connectivity index (χ1n) is 10.9. The van der Waals surface area contributed by atoms with Crippen molar-refractivity contribution in [1.29, 1.82) is 0 Å². The predicted molar refractivity (Wildman–Crippen MR) is 117 cm³/mol. The van der Waals surface area contributed by atoms with Crippen molar-refractivity contribution >= 4 is 16.8 Å². The molecule has 2 heterocycles. The number of hydrogen-bond donors (Lipinski definition) is 0. The van der Waals surface area contributed by atoms with E-state index in [1.807, 2.05) is 54.2 Å². The Morgan fingerprint density at radius 2 is 1.94 bits per heavy atom. The van der Waals surface area contributed by atoms with Crippen molar-refractivity contribution in [2.45, 2.75) is 51.7 Å². The number of ketones is 1. The second-order valence-corrected chi connectivity index (χ2v) is 8.18.